The zero-order chi connectivity index (χ0) is 23.3. The van der Waals surface area contributed by atoms with Gasteiger partial charge in [-0.05, 0) is 57.2 Å². The number of hydrogen-bond donors (Lipinski definition) is 2. The van der Waals surface area contributed by atoms with Crippen molar-refractivity contribution in [2.24, 2.45) is 0 Å². The summed E-state index contributed by atoms with van der Waals surface area (Å²) in [6.45, 7) is 2.03. The minimum atomic E-state index is -1.26. The van der Waals surface area contributed by atoms with Crippen molar-refractivity contribution in [3.63, 3.8) is 0 Å². The Morgan fingerprint density at radius 1 is 1.03 bits per heavy atom. The number of carboxylic acids is 2. The molecule has 2 N–H and O–H groups in total. The van der Waals surface area contributed by atoms with Crippen molar-refractivity contribution in [3.05, 3.63) is 71.9 Å². The highest BCUT2D eigenvalue weighted by atomic mass is 19.1. The summed E-state index contributed by atoms with van der Waals surface area (Å²) < 4.78 is 29.6. The Kier molecular flexibility index (Phi) is 7.32. The maximum atomic E-state index is 14.2. The molecule has 0 spiro atoms. The molecule has 7 nitrogen and oxygen atoms in total. The summed E-state index contributed by atoms with van der Waals surface area (Å²) >= 11 is 0. The van der Waals surface area contributed by atoms with E-state index >= 15 is 0 Å². The average molecular weight is 443 g/mol. The number of aromatic nitrogens is 2. The summed E-state index contributed by atoms with van der Waals surface area (Å²) in [5.74, 6) is -2.89. The lowest BCUT2D eigenvalue weighted by molar-refractivity contribution is -0.134. The third-order valence-electron chi connectivity index (χ3n) is 5.23. The molecule has 1 fully saturated rings. The second-order valence-corrected chi connectivity index (χ2v) is 7.50. The number of piperidine rings is 1. The van der Waals surface area contributed by atoms with Crippen LogP contribution in [-0.2, 0) is 9.59 Å². The molecule has 3 aromatic rings. The number of hydrogen-bond acceptors (Lipinski definition) is 4. The Morgan fingerprint density at radius 3 is 2.25 bits per heavy atom. The number of carbonyl (C=O) groups is 2. The third-order valence-corrected chi connectivity index (χ3v) is 5.23. The number of carboxylic acid groups (broad SMARTS) is 2. The number of aliphatic carboxylic acids is 2. The first-order valence-corrected chi connectivity index (χ1v) is 10.0. The SMILES string of the molecule is CN1CCC(c2nn(-c3ccccc3F)c3cc(F)ccc23)CC1.O=C(O)C=CC(=O)O. The minimum absolute atomic E-state index is 0.321. The molecule has 1 aromatic heterocycles. The molecule has 0 aliphatic carbocycles. The number of nitrogens with zero attached hydrogens (tertiary/aromatic N) is 3. The van der Waals surface area contributed by atoms with Gasteiger partial charge >= 0.3 is 11.9 Å². The maximum absolute atomic E-state index is 14.2. The lowest BCUT2D eigenvalue weighted by Crippen LogP contribution is -2.29. The summed E-state index contributed by atoms with van der Waals surface area (Å²) in [7, 11) is 2.11. The summed E-state index contributed by atoms with van der Waals surface area (Å²) in [4.78, 5) is 21.4. The lowest BCUT2D eigenvalue weighted by Gasteiger charge is -2.28. The smallest absolute Gasteiger partial charge is 0.328 e. The van der Waals surface area contributed by atoms with E-state index in [1.807, 2.05) is 0 Å². The van der Waals surface area contributed by atoms with Crippen LogP contribution in [0.5, 0.6) is 0 Å². The molecule has 2 heterocycles. The topological polar surface area (TPSA) is 95.7 Å². The van der Waals surface area contributed by atoms with Gasteiger partial charge in [-0.3, -0.25) is 0 Å². The van der Waals surface area contributed by atoms with Crippen LogP contribution in [0, 0.1) is 11.6 Å². The van der Waals surface area contributed by atoms with E-state index in [1.54, 1.807) is 28.9 Å². The van der Waals surface area contributed by atoms with Crippen LogP contribution in [0.1, 0.15) is 24.5 Å². The van der Waals surface area contributed by atoms with Gasteiger partial charge in [-0.15, -0.1) is 0 Å². The van der Waals surface area contributed by atoms with Crippen LogP contribution in [-0.4, -0.2) is 57.0 Å². The molecular weight excluding hydrogens is 420 g/mol. The van der Waals surface area contributed by atoms with Gasteiger partial charge in [-0.1, -0.05) is 12.1 Å². The molecule has 4 rings (SSSR count). The summed E-state index contributed by atoms with van der Waals surface area (Å²) in [6, 6.07) is 11.1. The molecule has 0 amide bonds. The molecule has 0 saturated carbocycles. The summed E-state index contributed by atoms with van der Waals surface area (Å²) in [5.41, 5.74) is 1.92. The quantitative estimate of drug-likeness (QED) is 0.595. The molecule has 0 radical (unpaired) electrons. The van der Waals surface area contributed by atoms with Crippen LogP contribution in [0.25, 0.3) is 16.6 Å². The van der Waals surface area contributed by atoms with Crippen LogP contribution in [0.2, 0.25) is 0 Å². The summed E-state index contributed by atoms with van der Waals surface area (Å²) in [6.07, 6.45) is 3.14. The lowest BCUT2D eigenvalue weighted by atomic mass is 9.92. The van der Waals surface area contributed by atoms with Crippen LogP contribution in [0.4, 0.5) is 8.78 Å². The van der Waals surface area contributed by atoms with E-state index < -0.39 is 11.9 Å². The van der Waals surface area contributed by atoms with Gasteiger partial charge < -0.3 is 15.1 Å². The molecule has 168 valence electrons. The van der Waals surface area contributed by atoms with Crippen molar-refractivity contribution >= 4 is 22.8 Å². The second-order valence-electron chi connectivity index (χ2n) is 7.50. The van der Waals surface area contributed by atoms with Gasteiger partial charge in [0, 0.05) is 29.5 Å². The van der Waals surface area contributed by atoms with E-state index in [1.165, 1.54) is 18.2 Å². The van der Waals surface area contributed by atoms with Crippen molar-refractivity contribution in [3.8, 4) is 5.69 Å². The first-order chi connectivity index (χ1) is 15.3. The molecule has 0 bridgehead atoms. The Morgan fingerprint density at radius 2 is 1.66 bits per heavy atom. The van der Waals surface area contributed by atoms with Gasteiger partial charge in [-0.2, -0.15) is 5.10 Å². The van der Waals surface area contributed by atoms with Crippen molar-refractivity contribution in [2.45, 2.75) is 18.8 Å². The second kappa shape index (κ2) is 10.1. The van der Waals surface area contributed by atoms with E-state index in [9.17, 15) is 18.4 Å². The fourth-order valence-electron chi connectivity index (χ4n) is 3.65. The highest BCUT2D eigenvalue weighted by molar-refractivity contribution is 5.89. The molecular formula is C23H23F2N3O4. The molecule has 0 unspecified atom stereocenters. The minimum Gasteiger partial charge on any atom is -0.478 e. The molecule has 0 atom stereocenters. The van der Waals surface area contributed by atoms with Crippen LogP contribution < -0.4 is 0 Å². The number of fused-ring (bicyclic) bond motifs is 1. The molecule has 1 saturated heterocycles. The monoisotopic (exact) mass is 443 g/mol. The Labute approximate surface area is 183 Å². The molecule has 1 aliphatic heterocycles. The largest absolute Gasteiger partial charge is 0.478 e. The number of benzene rings is 2. The molecule has 2 aromatic carbocycles. The van der Waals surface area contributed by atoms with Gasteiger partial charge in [0.1, 0.15) is 17.3 Å². The number of para-hydroxylation sites is 1. The van der Waals surface area contributed by atoms with Crippen LogP contribution in [0.15, 0.2) is 54.6 Å². The highest BCUT2D eigenvalue weighted by Gasteiger charge is 2.25. The standard InChI is InChI=1S/C19H19F2N3.C4H4O4/c1-23-10-8-13(9-11-23)19-15-7-6-14(20)12-18(15)24(22-19)17-5-3-2-4-16(17)21;5-3(6)1-2-4(7)8/h2-7,12-13H,8-11H2,1H3;1-2H,(H,5,6)(H,7,8). The van der Waals surface area contributed by atoms with Crippen molar-refractivity contribution in [1.29, 1.82) is 0 Å². The van der Waals surface area contributed by atoms with Gasteiger partial charge in [0.2, 0.25) is 0 Å². The number of halogens is 2. The first-order valence-electron chi connectivity index (χ1n) is 10.0. The Bertz CT molecular complexity index is 1140. The van der Waals surface area contributed by atoms with Gasteiger partial charge in [-0.25, -0.2) is 23.1 Å². The maximum Gasteiger partial charge on any atom is 0.328 e. The number of rotatable bonds is 4. The zero-order valence-corrected chi connectivity index (χ0v) is 17.4. The van der Waals surface area contributed by atoms with Crippen LogP contribution in [0.3, 0.4) is 0 Å². The van der Waals surface area contributed by atoms with Gasteiger partial charge in [0.25, 0.3) is 0 Å². The number of likely N-dealkylation sites (tertiary alicyclic amines) is 1. The average Bonchev–Trinajstić information content (AvgIpc) is 3.12. The van der Waals surface area contributed by atoms with Crippen molar-refractivity contribution < 1.29 is 28.6 Å². The zero-order valence-electron chi connectivity index (χ0n) is 17.4. The van der Waals surface area contributed by atoms with Gasteiger partial charge in [0.05, 0.1) is 11.2 Å². The van der Waals surface area contributed by atoms with E-state index in [0.717, 1.165) is 37.0 Å². The Balaban J connectivity index is 0.000000312. The predicted octanol–water partition coefficient (Wildman–Crippen LogP) is 3.82. The van der Waals surface area contributed by atoms with E-state index in [0.29, 0.717) is 29.3 Å². The van der Waals surface area contributed by atoms with E-state index in [4.69, 9.17) is 15.3 Å². The normalized spacial score (nSPS) is 15.0. The molecule has 9 heteroatoms. The van der Waals surface area contributed by atoms with Gasteiger partial charge in [0.15, 0.2) is 0 Å². The predicted molar refractivity (Wildman–Crippen MR) is 115 cm³/mol. The Hall–Kier alpha value is -3.59. The molecule has 32 heavy (non-hydrogen) atoms. The fraction of sp³-hybridized carbons (Fsp3) is 0.261. The van der Waals surface area contributed by atoms with Crippen molar-refractivity contribution in [1.82, 2.24) is 14.7 Å². The fourth-order valence-corrected chi connectivity index (χ4v) is 3.65. The molecule has 1 aliphatic rings. The van der Waals surface area contributed by atoms with E-state index in [2.05, 4.69) is 11.9 Å². The van der Waals surface area contributed by atoms with Crippen molar-refractivity contribution in [2.75, 3.05) is 20.1 Å². The van der Waals surface area contributed by atoms with E-state index in [-0.39, 0.29) is 11.6 Å². The highest BCUT2D eigenvalue weighted by Crippen LogP contribution is 2.34. The third kappa shape index (κ3) is 5.55. The summed E-state index contributed by atoms with van der Waals surface area (Å²) in [5, 5.41) is 21.2. The van der Waals surface area contributed by atoms with Crippen LogP contribution >= 0.6 is 0 Å². The first kappa shape index (κ1) is 23.1.